The zero-order valence-corrected chi connectivity index (χ0v) is 10.7. The maximum absolute atomic E-state index is 11.6. The molecule has 17 heavy (non-hydrogen) atoms. The minimum absolute atomic E-state index is 0.111. The predicted molar refractivity (Wildman–Crippen MR) is 59.9 cm³/mol. The van der Waals surface area contributed by atoms with E-state index in [4.69, 9.17) is 5.11 Å². The Kier molecular flexibility index (Phi) is 6.74. The van der Waals surface area contributed by atoms with Crippen LogP contribution >= 0.6 is 0 Å². The van der Waals surface area contributed by atoms with Gasteiger partial charge in [-0.05, 0) is 6.92 Å². The van der Waals surface area contributed by atoms with Gasteiger partial charge in [0.1, 0.15) is 0 Å². The van der Waals surface area contributed by atoms with Gasteiger partial charge in [-0.1, -0.05) is 0 Å². The van der Waals surface area contributed by atoms with Gasteiger partial charge in [0.2, 0.25) is 10.0 Å². The second-order valence-corrected chi connectivity index (χ2v) is 5.53. The molecule has 0 aliphatic rings. The van der Waals surface area contributed by atoms with Crippen LogP contribution in [0.2, 0.25) is 0 Å². The minimum atomic E-state index is -3.60. The van der Waals surface area contributed by atoms with E-state index in [1.165, 1.54) is 7.05 Å². The van der Waals surface area contributed by atoms with Gasteiger partial charge in [0, 0.05) is 13.6 Å². The van der Waals surface area contributed by atoms with Crippen molar-refractivity contribution in [3.63, 3.8) is 0 Å². The summed E-state index contributed by atoms with van der Waals surface area (Å²) in [6.45, 7) is 1.72. The van der Waals surface area contributed by atoms with Crippen molar-refractivity contribution in [2.75, 3.05) is 26.0 Å². The van der Waals surface area contributed by atoms with Crippen molar-refractivity contribution >= 4 is 22.0 Å². The van der Waals surface area contributed by atoms with Gasteiger partial charge in [0.15, 0.2) is 0 Å². The number of esters is 1. The van der Waals surface area contributed by atoms with Gasteiger partial charge in [0.05, 0.1) is 25.2 Å². The van der Waals surface area contributed by atoms with E-state index in [0.29, 0.717) is 0 Å². The smallest absolute Gasteiger partial charge is 0.306 e. The monoisotopic (exact) mass is 267 g/mol. The molecule has 0 rings (SSSR count). The molecule has 0 spiro atoms. The van der Waals surface area contributed by atoms with E-state index in [2.05, 4.69) is 4.74 Å². The zero-order valence-electron chi connectivity index (χ0n) is 9.88. The molecule has 100 valence electrons. The van der Waals surface area contributed by atoms with Crippen LogP contribution in [0.5, 0.6) is 0 Å². The van der Waals surface area contributed by atoms with Crippen LogP contribution in [0.15, 0.2) is 0 Å². The second-order valence-electron chi connectivity index (χ2n) is 3.34. The van der Waals surface area contributed by atoms with Gasteiger partial charge >= 0.3 is 11.9 Å². The summed E-state index contributed by atoms with van der Waals surface area (Å²) in [7, 11) is -2.32. The lowest BCUT2D eigenvalue weighted by atomic mass is 10.4. The van der Waals surface area contributed by atoms with Crippen molar-refractivity contribution in [2.24, 2.45) is 0 Å². The fourth-order valence-electron chi connectivity index (χ4n) is 0.993. The lowest BCUT2D eigenvalue weighted by Gasteiger charge is -2.15. The molecular formula is C9H17NO6S. The molecule has 0 aliphatic heterocycles. The van der Waals surface area contributed by atoms with E-state index in [-0.39, 0.29) is 31.7 Å². The lowest BCUT2D eigenvalue weighted by Crippen LogP contribution is -2.32. The van der Waals surface area contributed by atoms with Crippen molar-refractivity contribution in [3.05, 3.63) is 0 Å². The highest BCUT2D eigenvalue weighted by atomic mass is 32.2. The molecule has 0 saturated carbocycles. The molecule has 1 N–H and O–H groups in total. The number of carbonyl (C=O) groups excluding carboxylic acids is 1. The summed E-state index contributed by atoms with van der Waals surface area (Å²) in [5.74, 6) is -2.03. The van der Waals surface area contributed by atoms with E-state index >= 15 is 0 Å². The van der Waals surface area contributed by atoms with Gasteiger partial charge in [0.25, 0.3) is 0 Å². The Morgan fingerprint density at radius 2 is 1.88 bits per heavy atom. The summed E-state index contributed by atoms with van der Waals surface area (Å²) in [5, 5.41) is 8.42. The Bertz CT molecular complexity index is 364. The first-order valence-corrected chi connectivity index (χ1v) is 6.72. The quantitative estimate of drug-likeness (QED) is 0.605. The van der Waals surface area contributed by atoms with E-state index in [0.717, 1.165) is 4.31 Å². The summed E-state index contributed by atoms with van der Waals surface area (Å²) in [4.78, 5) is 21.3. The fraction of sp³-hybridized carbons (Fsp3) is 0.778. The molecular weight excluding hydrogens is 250 g/mol. The van der Waals surface area contributed by atoms with Crippen molar-refractivity contribution in [3.8, 4) is 0 Å². The maximum atomic E-state index is 11.6. The van der Waals surface area contributed by atoms with Crippen LogP contribution in [0.4, 0.5) is 0 Å². The summed E-state index contributed by atoms with van der Waals surface area (Å²) >= 11 is 0. The number of carboxylic acids is 1. The highest BCUT2D eigenvalue weighted by Gasteiger charge is 2.20. The van der Waals surface area contributed by atoms with Gasteiger partial charge < -0.3 is 9.84 Å². The van der Waals surface area contributed by atoms with E-state index in [9.17, 15) is 18.0 Å². The normalized spacial score (nSPS) is 11.5. The number of hydrogen-bond donors (Lipinski definition) is 1. The molecule has 0 fully saturated rings. The lowest BCUT2D eigenvalue weighted by molar-refractivity contribution is -0.142. The molecule has 0 radical (unpaired) electrons. The largest absolute Gasteiger partial charge is 0.481 e. The molecule has 0 aromatic heterocycles. The van der Waals surface area contributed by atoms with Crippen molar-refractivity contribution < 1.29 is 27.9 Å². The predicted octanol–water partition coefficient (Wildman–Crippen LogP) is -0.324. The molecule has 0 saturated heterocycles. The van der Waals surface area contributed by atoms with Crippen LogP contribution < -0.4 is 0 Å². The number of carboxylic acid groups (broad SMARTS) is 1. The molecule has 0 atom stereocenters. The van der Waals surface area contributed by atoms with E-state index < -0.39 is 22.0 Å². The number of sulfonamides is 1. The van der Waals surface area contributed by atoms with Crippen LogP contribution in [-0.4, -0.2) is 55.7 Å². The summed E-state index contributed by atoms with van der Waals surface area (Å²) in [6, 6.07) is 0. The minimum Gasteiger partial charge on any atom is -0.481 e. The van der Waals surface area contributed by atoms with Crippen LogP contribution in [0.3, 0.4) is 0 Å². The third-order valence-electron chi connectivity index (χ3n) is 1.98. The summed E-state index contributed by atoms with van der Waals surface area (Å²) in [5.41, 5.74) is 0. The van der Waals surface area contributed by atoms with Gasteiger partial charge in [-0.15, -0.1) is 0 Å². The average molecular weight is 267 g/mol. The fourth-order valence-corrected chi connectivity index (χ4v) is 2.10. The average Bonchev–Trinajstić information content (AvgIpc) is 2.23. The molecule has 0 aliphatic carbocycles. The first-order chi connectivity index (χ1) is 7.79. The van der Waals surface area contributed by atoms with E-state index in [1.807, 2.05) is 0 Å². The van der Waals surface area contributed by atoms with Gasteiger partial charge in [-0.3, -0.25) is 9.59 Å². The molecule has 0 aromatic rings. The highest BCUT2D eigenvalue weighted by molar-refractivity contribution is 7.89. The van der Waals surface area contributed by atoms with Crippen molar-refractivity contribution in [2.45, 2.75) is 19.8 Å². The van der Waals surface area contributed by atoms with Crippen LogP contribution in [0.1, 0.15) is 19.8 Å². The Balaban J connectivity index is 4.18. The Morgan fingerprint density at radius 1 is 1.29 bits per heavy atom. The van der Waals surface area contributed by atoms with E-state index in [1.54, 1.807) is 6.92 Å². The van der Waals surface area contributed by atoms with Crippen LogP contribution in [-0.2, 0) is 24.3 Å². The van der Waals surface area contributed by atoms with Crippen molar-refractivity contribution in [1.29, 1.82) is 0 Å². The number of rotatable bonds is 8. The first-order valence-electron chi connectivity index (χ1n) is 5.11. The van der Waals surface area contributed by atoms with Gasteiger partial charge in [-0.2, -0.15) is 0 Å². The summed E-state index contributed by atoms with van der Waals surface area (Å²) < 4.78 is 28.7. The zero-order chi connectivity index (χ0) is 13.5. The molecule has 0 heterocycles. The summed E-state index contributed by atoms with van der Waals surface area (Å²) in [6.07, 6.45) is -0.497. The topological polar surface area (TPSA) is 101 Å². The molecule has 0 amide bonds. The second kappa shape index (κ2) is 7.23. The number of nitrogens with zero attached hydrogens (tertiary/aromatic N) is 1. The Labute approximate surface area is 100 Å². The van der Waals surface area contributed by atoms with Crippen LogP contribution in [0.25, 0.3) is 0 Å². The number of aliphatic carboxylic acids is 1. The number of ether oxygens (including phenoxy) is 1. The first kappa shape index (κ1) is 15.9. The highest BCUT2D eigenvalue weighted by Crippen LogP contribution is 2.02. The Hall–Kier alpha value is -1.15. The molecule has 0 unspecified atom stereocenters. The Morgan fingerprint density at radius 3 is 2.35 bits per heavy atom. The third kappa shape index (κ3) is 6.90. The molecule has 0 bridgehead atoms. The molecule has 7 nitrogen and oxygen atoms in total. The molecule has 0 aromatic carbocycles. The van der Waals surface area contributed by atoms with Crippen molar-refractivity contribution in [1.82, 2.24) is 4.31 Å². The SMILES string of the molecule is CCOC(=O)CCS(=O)(=O)N(C)CCC(=O)O. The standard InChI is InChI=1S/C9H17NO6S/c1-3-16-9(13)5-7-17(14,15)10(2)6-4-8(11)12/h3-7H2,1-2H3,(H,11,12). The number of hydrogen-bond acceptors (Lipinski definition) is 5. The van der Waals surface area contributed by atoms with Gasteiger partial charge in [-0.25, -0.2) is 12.7 Å². The maximum Gasteiger partial charge on any atom is 0.306 e. The molecule has 8 heteroatoms. The third-order valence-corrected chi connectivity index (χ3v) is 3.84. The van der Waals surface area contributed by atoms with Crippen LogP contribution in [0, 0.1) is 0 Å². The number of carbonyl (C=O) groups is 2.